The van der Waals surface area contributed by atoms with Gasteiger partial charge in [0, 0.05) is 6.54 Å². The van der Waals surface area contributed by atoms with Crippen LogP contribution in [0.5, 0.6) is 0 Å². The number of nitrogens with one attached hydrogen (secondary N) is 1. The van der Waals surface area contributed by atoms with E-state index in [1.54, 1.807) is 0 Å². The van der Waals surface area contributed by atoms with E-state index in [1.807, 2.05) is 30.3 Å². The topological polar surface area (TPSA) is 58.6 Å². The smallest absolute Gasteiger partial charge is 0.407 e. The molecule has 0 radical (unpaired) electrons. The number of carbonyl (C=O) groups excluding carboxylic acids is 1. The van der Waals surface area contributed by atoms with Crippen LogP contribution in [0.4, 0.5) is 4.79 Å². The molecule has 0 heterocycles. The van der Waals surface area contributed by atoms with Crippen molar-refractivity contribution >= 4 is 6.09 Å². The van der Waals surface area contributed by atoms with Gasteiger partial charge >= 0.3 is 6.09 Å². The normalized spacial score (nSPS) is 9.50. The van der Waals surface area contributed by atoms with Crippen LogP contribution in [0.3, 0.4) is 0 Å². The summed E-state index contributed by atoms with van der Waals surface area (Å²) in [6, 6.07) is 9.41. The van der Waals surface area contributed by atoms with Crippen LogP contribution in [0.2, 0.25) is 0 Å². The van der Waals surface area contributed by atoms with Crippen molar-refractivity contribution in [1.29, 1.82) is 0 Å². The van der Waals surface area contributed by atoms with Crippen LogP contribution in [-0.4, -0.2) is 24.4 Å². The number of hydrogen-bond donors (Lipinski definition) is 2. The number of amides is 1. The van der Waals surface area contributed by atoms with Crippen LogP contribution in [0.15, 0.2) is 30.3 Å². The largest absolute Gasteiger partial charge is 0.445 e. The Kier molecular flexibility index (Phi) is 4.50. The van der Waals surface area contributed by atoms with Crippen LogP contribution in [0, 0.1) is 0 Å². The van der Waals surface area contributed by atoms with Crippen molar-refractivity contribution in [3.05, 3.63) is 35.9 Å². The molecule has 0 aliphatic rings. The van der Waals surface area contributed by atoms with Gasteiger partial charge in [0.25, 0.3) is 0 Å². The summed E-state index contributed by atoms with van der Waals surface area (Å²) in [5, 5.41) is 10.8. The third kappa shape index (κ3) is 3.91. The number of aliphatic hydroxyl groups excluding tert-OH is 1. The molecule has 1 aromatic rings. The predicted molar refractivity (Wildman–Crippen MR) is 51.7 cm³/mol. The van der Waals surface area contributed by atoms with Gasteiger partial charge in [-0.1, -0.05) is 30.3 Å². The number of benzene rings is 1. The molecular formula is C10H13NO3. The van der Waals surface area contributed by atoms with Crippen molar-refractivity contribution in [1.82, 2.24) is 5.32 Å². The minimum Gasteiger partial charge on any atom is -0.445 e. The van der Waals surface area contributed by atoms with Crippen molar-refractivity contribution in [2.24, 2.45) is 0 Å². The average Bonchev–Trinajstić information content (AvgIpc) is 2.25. The summed E-state index contributed by atoms with van der Waals surface area (Å²) >= 11 is 0. The summed E-state index contributed by atoms with van der Waals surface area (Å²) in [6.45, 7) is 0.381. The maximum Gasteiger partial charge on any atom is 0.407 e. The van der Waals surface area contributed by atoms with Gasteiger partial charge in [0.05, 0.1) is 6.61 Å². The standard InChI is InChI=1S/C10H13NO3/c12-7-6-11-10(13)14-8-9-4-2-1-3-5-9/h1-5,12H,6-8H2,(H,11,13)/i6+1,7+1,11+1. The molecule has 0 bridgehead atoms. The van der Waals surface area contributed by atoms with E-state index in [0.717, 1.165) is 5.56 Å². The molecule has 0 saturated carbocycles. The van der Waals surface area contributed by atoms with Gasteiger partial charge in [0.15, 0.2) is 0 Å². The zero-order chi connectivity index (χ0) is 10.2. The maximum absolute atomic E-state index is 10.9. The van der Waals surface area contributed by atoms with E-state index in [1.165, 1.54) is 0 Å². The van der Waals surface area contributed by atoms with Gasteiger partial charge in [-0.05, 0) is 5.56 Å². The number of alkyl carbamates (subject to hydrolysis) is 1. The SMILES string of the molecule is O=C([15NH][13CH2][13CH2]O)OCc1ccccc1. The first-order chi connectivity index (χ1) is 6.83. The third-order valence-corrected chi connectivity index (χ3v) is 1.59. The van der Waals surface area contributed by atoms with Gasteiger partial charge in [-0.15, -0.1) is 0 Å². The zero-order valence-electron chi connectivity index (χ0n) is 7.77. The summed E-state index contributed by atoms with van der Waals surface area (Å²) in [7, 11) is 0. The second kappa shape index (κ2) is 5.99. The van der Waals surface area contributed by atoms with E-state index in [-0.39, 0.29) is 19.8 Å². The Labute approximate surface area is 82.5 Å². The van der Waals surface area contributed by atoms with Crippen LogP contribution in [0.25, 0.3) is 0 Å². The number of rotatable bonds is 4. The fourth-order valence-electron chi connectivity index (χ4n) is 0.932. The summed E-state index contributed by atoms with van der Waals surface area (Å²) in [5.74, 6) is 0. The number of aliphatic hydroxyl groups is 1. The van der Waals surface area contributed by atoms with E-state index in [0.29, 0.717) is 0 Å². The molecule has 0 unspecified atom stereocenters. The molecule has 0 aromatic heterocycles. The van der Waals surface area contributed by atoms with Crippen LogP contribution >= 0.6 is 0 Å². The molecule has 1 amide bonds. The van der Waals surface area contributed by atoms with E-state index in [4.69, 9.17) is 9.84 Å². The van der Waals surface area contributed by atoms with Gasteiger partial charge in [0.1, 0.15) is 6.61 Å². The first-order valence-corrected chi connectivity index (χ1v) is 4.38. The Balaban J connectivity index is 2.24. The molecule has 0 atom stereocenters. The van der Waals surface area contributed by atoms with E-state index < -0.39 is 6.09 Å². The molecule has 0 aliphatic carbocycles. The highest BCUT2D eigenvalue weighted by Gasteiger charge is 2.00. The van der Waals surface area contributed by atoms with Gasteiger partial charge in [0.2, 0.25) is 0 Å². The van der Waals surface area contributed by atoms with Gasteiger partial charge in [-0.25, -0.2) is 4.79 Å². The third-order valence-electron chi connectivity index (χ3n) is 1.59. The lowest BCUT2D eigenvalue weighted by molar-refractivity contribution is 0.137. The molecule has 4 heteroatoms. The average molecular weight is 198 g/mol. The fourth-order valence-corrected chi connectivity index (χ4v) is 0.932. The van der Waals surface area contributed by atoms with Gasteiger partial charge in [-0.2, -0.15) is 0 Å². The Morgan fingerprint density at radius 3 is 2.71 bits per heavy atom. The summed E-state index contributed by atoms with van der Waals surface area (Å²) in [4.78, 5) is 10.9. The van der Waals surface area contributed by atoms with Crippen molar-refractivity contribution in [2.75, 3.05) is 13.2 Å². The highest BCUT2D eigenvalue weighted by Crippen LogP contribution is 2.00. The summed E-state index contributed by atoms with van der Waals surface area (Å²) < 4.78 is 4.87. The number of ether oxygens (including phenoxy) is 1. The monoisotopic (exact) mass is 198 g/mol. The predicted octanol–water partition coefficient (Wildman–Crippen LogP) is 0.905. The molecule has 1 rings (SSSR count). The Morgan fingerprint density at radius 1 is 1.36 bits per heavy atom. The van der Waals surface area contributed by atoms with Crippen molar-refractivity contribution in [2.45, 2.75) is 6.61 Å². The number of carbonyl (C=O) groups is 1. The molecule has 76 valence electrons. The van der Waals surface area contributed by atoms with Crippen molar-refractivity contribution < 1.29 is 14.6 Å². The molecule has 0 aliphatic heterocycles. The zero-order valence-corrected chi connectivity index (χ0v) is 7.77. The highest BCUT2D eigenvalue weighted by molar-refractivity contribution is 5.67. The molecule has 0 fully saturated rings. The summed E-state index contributed by atoms with van der Waals surface area (Å²) in [5.41, 5.74) is 0.937. The quantitative estimate of drug-likeness (QED) is 0.558. The molecule has 2 N–H and O–H groups in total. The lowest BCUT2D eigenvalue weighted by Crippen LogP contribution is -2.26. The van der Waals surface area contributed by atoms with Crippen LogP contribution in [0.1, 0.15) is 5.56 Å². The second-order valence-electron chi connectivity index (χ2n) is 2.71. The van der Waals surface area contributed by atoms with Crippen molar-refractivity contribution in [3.8, 4) is 0 Å². The Hall–Kier alpha value is -1.55. The maximum atomic E-state index is 10.9. The molecule has 0 spiro atoms. The fraction of sp³-hybridized carbons (Fsp3) is 0.300. The molecule has 4 nitrogen and oxygen atoms in total. The molecular weight excluding hydrogens is 185 g/mol. The first-order valence-electron chi connectivity index (χ1n) is 4.38. The highest BCUT2D eigenvalue weighted by atomic mass is 16.6. The lowest BCUT2D eigenvalue weighted by atomic mass is 10.2. The van der Waals surface area contributed by atoms with Crippen molar-refractivity contribution in [3.63, 3.8) is 0 Å². The van der Waals surface area contributed by atoms with Gasteiger partial charge < -0.3 is 15.2 Å². The van der Waals surface area contributed by atoms with Crippen LogP contribution in [-0.2, 0) is 11.3 Å². The molecule has 14 heavy (non-hydrogen) atoms. The van der Waals surface area contributed by atoms with E-state index >= 15 is 0 Å². The van der Waals surface area contributed by atoms with E-state index in [2.05, 4.69) is 5.32 Å². The van der Waals surface area contributed by atoms with E-state index in [9.17, 15) is 4.79 Å². The minimum atomic E-state index is -0.511. The first kappa shape index (κ1) is 10.5. The minimum absolute atomic E-state index is 0.0829. The van der Waals surface area contributed by atoms with Crippen LogP contribution < -0.4 is 5.32 Å². The molecule has 1 aromatic carbocycles. The second-order valence-corrected chi connectivity index (χ2v) is 2.71. The Morgan fingerprint density at radius 2 is 2.07 bits per heavy atom. The number of hydrogen-bond acceptors (Lipinski definition) is 3. The lowest BCUT2D eigenvalue weighted by Gasteiger charge is -2.05. The summed E-state index contributed by atoms with van der Waals surface area (Å²) in [6.07, 6.45) is -0.511. The Bertz CT molecular complexity index is 274. The van der Waals surface area contributed by atoms with Gasteiger partial charge in [-0.3, -0.25) is 0 Å². The molecule has 0 saturated heterocycles.